The number of nitrogens with zero attached hydrogens (tertiary/aromatic N) is 2. The molecule has 4 heteroatoms. The molecular formula is C35H36IrN2Si-2. The van der Waals surface area contributed by atoms with Gasteiger partial charge < -0.3 is 9.97 Å². The monoisotopic (exact) mass is 707 g/mol. The summed E-state index contributed by atoms with van der Waals surface area (Å²) in [6, 6.07) is 38.3. The van der Waals surface area contributed by atoms with E-state index in [1.54, 1.807) is 0 Å². The molecule has 0 atom stereocenters. The van der Waals surface area contributed by atoms with Crippen LogP contribution in [0.4, 0.5) is 0 Å². The summed E-state index contributed by atoms with van der Waals surface area (Å²) in [4.78, 5) is 9.08. The summed E-state index contributed by atoms with van der Waals surface area (Å²) in [5.41, 5.74) is 6.80. The van der Waals surface area contributed by atoms with E-state index in [4.69, 9.17) is 2.74 Å². The van der Waals surface area contributed by atoms with Gasteiger partial charge in [0, 0.05) is 35.2 Å². The molecule has 5 rings (SSSR count). The van der Waals surface area contributed by atoms with Gasteiger partial charge in [-0.15, -0.1) is 71.8 Å². The second kappa shape index (κ2) is 14.3. The maximum absolute atomic E-state index is 8.55. The fourth-order valence-corrected chi connectivity index (χ4v) is 5.49. The molecule has 0 amide bonds. The minimum Gasteiger partial charge on any atom is -0.305 e. The standard InChI is InChI=1S/C18H24NSi.C17H12N.Ir/c1-14(2)11-16-12-17(15-9-7-6-8-10-15)19-13-18(16)20(3,4)5;1-3-7-14(8-4-1)16-11-12-17(18-13-16)15-9-5-2-6-10-15;/h6-9,12-14H,11H2,1-5H3;1-9,11-13H;/q2*-1;/i11D2;;. The molecule has 39 heavy (non-hydrogen) atoms. The number of benzene rings is 3. The predicted octanol–water partition coefficient (Wildman–Crippen LogP) is 8.51. The van der Waals surface area contributed by atoms with Gasteiger partial charge in [0.1, 0.15) is 0 Å². The van der Waals surface area contributed by atoms with E-state index in [0.29, 0.717) is 0 Å². The molecule has 3 aromatic carbocycles. The zero-order valence-electron chi connectivity index (χ0n) is 25.2. The van der Waals surface area contributed by atoms with Crippen LogP contribution in [0.25, 0.3) is 33.6 Å². The molecule has 5 aromatic rings. The van der Waals surface area contributed by atoms with Crippen molar-refractivity contribution < 1.29 is 22.8 Å². The Morgan fingerprint density at radius 1 is 0.718 bits per heavy atom. The smallest absolute Gasteiger partial charge is 0.0798 e. The molecule has 1 radical (unpaired) electrons. The molecule has 0 saturated heterocycles. The zero-order chi connectivity index (χ0) is 28.8. The van der Waals surface area contributed by atoms with Gasteiger partial charge >= 0.3 is 0 Å². The van der Waals surface area contributed by atoms with Crippen LogP contribution in [0.5, 0.6) is 0 Å². The molecule has 0 aliphatic carbocycles. The third kappa shape index (κ3) is 8.66. The molecule has 0 aliphatic rings. The molecule has 201 valence electrons. The summed E-state index contributed by atoms with van der Waals surface area (Å²) in [5, 5.41) is 1.10. The predicted molar refractivity (Wildman–Crippen MR) is 164 cm³/mol. The van der Waals surface area contributed by atoms with Crippen LogP contribution < -0.4 is 5.19 Å². The Kier molecular flexibility index (Phi) is 10.0. The van der Waals surface area contributed by atoms with E-state index >= 15 is 0 Å². The second-order valence-corrected chi connectivity index (χ2v) is 15.6. The number of hydrogen-bond donors (Lipinski definition) is 0. The summed E-state index contributed by atoms with van der Waals surface area (Å²) in [5.74, 6) is -0.0856. The average Bonchev–Trinajstić information content (AvgIpc) is 2.98. The van der Waals surface area contributed by atoms with Crippen molar-refractivity contribution in [1.29, 1.82) is 0 Å². The van der Waals surface area contributed by atoms with E-state index in [-0.39, 0.29) is 26.0 Å². The zero-order valence-corrected chi connectivity index (χ0v) is 26.6. The second-order valence-electron chi connectivity index (χ2n) is 10.5. The van der Waals surface area contributed by atoms with Gasteiger partial charge in [-0.3, -0.25) is 0 Å². The third-order valence-electron chi connectivity index (χ3n) is 6.00. The molecule has 0 fully saturated rings. The molecule has 0 spiro atoms. The van der Waals surface area contributed by atoms with Crippen LogP contribution >= 0.6 is 0 Å². The van der Waals surface area contributed by atoms with Crippen molar-refractivity contribution in [2.45, 2.75) is 39.9 Å². The first kappa shape index (κ1) is 27.4. The van der Waals surface area contributed by atoms with Crippen LogP contribution in [-0.2, 0) is 26.5 Å². The first-order valence-electron chi connectivity index (χ1n) is 14.0. The van der Waals surface area contributed by atoms with Gasteiger partial charge in [0.25, 0.3) is 0 Å². The summed E-state index contributed by atoms with van der Waals surface area (Å²) in [6.45, 7) is 10.6. The van der Waals surface area contributed by atoms with Crippen LogP contribution in [0.3, 0.4) is 0 Å². The summed E-state index contributed by atoms with van der Waals surface area (Å²) < 4.78 is 17.1. The Morgan fingerprint density at radius 2 is 1.31 bits per heavy atom. The normalized spacial score (nSPS) is 11.9. The quantitative estimate of drug-likeness (QED) is 0.131. The molecule has 2 nitrogen and oxygen atoms in total. The fourth-order valence-electron chi connectivity index (χ4n) is 4.09. The Bertz CT molecular complexity index is 1450. The van der Waals surface area contributed by atoms with Crippen LogP contribution in [0.15, 0.2) is 109 Å². The molecule has 2 aromatic heterocycles. The van der Waals surface area contributed by atoms with E-state index in [1.165, 1.54) is 5.56 Å². The molecule has 0 saturated carbocycles. The summed E-state index contributed by atoms with van der Waals surface area (Å²) in [6.07, 6.45) is 2.44. The van der Waals surface area contributed by atoms with Gasteiger partial charge in [-0.1, -0.05) is 87.6 Å². The molecular weight excluding hydrogens is 669 g/mol. The van der Waals surface area contributed by atoms with Gasteiger partial charge in [0.2, 0.25) is 0 Å². The van der Waals surface area contributed by atoms with E-state index in [0.717, 1.165) is 38.8 Å². The number of pyridine rings is 2. The van der Waals surface area contributed by atoms with Crippen molar-refractivity contribution in [3.8, 4) is 33.6 Å². The van der Waals surface area contributed by atoms with Crippen molar-refractivity contribution in [2.75, 3.05) is 0 Å². The largest absolute Gasteiger partial charge is 0.305 e. The van der Waals surface area contributed by atoms with Crippen LogP contribution in [0.2, 0.25) is 19.6 Å². The fraction of sp³-hybridized carbons (Fsp3) is 0.200. The number of rotatable bonds is 6. The van der Waals surface area contributed by atoms with Crippen molar-refractivity contribution >= 4 is 13.3 Å². The molecule has 0 bridgehead atoms. The van der Waals surface area contributed by atoms with Crippen molar-refractivity contribution in [1.82, 2.24) is 9.97 Å². The first-order valence-corrected chi connectivity index (χ1v) is 16.5. The molecule has 0 aliphatic heterocycles. The minimum absolute atomic E-state index is 0. The van der Waals surface area contributed by atoms with Crippen molar-refractivity contribution in [2.24, 2.45) is 5.92 Å². The maximum atomic E-state index is 8.55. The van der Waals surface area contributed by atoms with Crippen LogP contribution in [-0.4, -0.2) is 18.0 Å². The average molecular weight is 707 g/mol. The number of aromatic nitrogens is 2. The van der Waals surface area contributed by atoms with E-state index in [1.807, 2.05) is 105 Å². The van der Waals surface area contributed by atoms with E-state index in [9.17, 15) is 0 Å². The Morgan fingerprint density at radius 3 is 1.82 bits per heavy atom. The van der Waals surface area contributed by atoms with Gasteiger partial charge in [-0.05, 0) is 40.0 Å². The summed E-state index contributed by atoms with van der Waals surface area (Å²) in [7, 11) is -1.67. The van der Waals surface area contributed by atoms with Crippen molar-refractivity contribution in [3.63, 3.8) is 0 Å². The Labute approximate surface area is 251 Å². The van der Waals surface area contributed by atoms with Gasteiger partial charge in [-0.25, -0.2) is 0 Å². The SMILES string of the molecule is [2H]C([2H])(c1cc(-c2[c-]cccc2)ncc1[Si](C)(C)C)C(C)C.[Ir].[c-]1ccccc1-c1ccc(-c2ccccc2)cn1. The topological polar surface area (TPSA) is 25.8 Å². The summed E-state index contributed by atoms with van der Waals surface area (Å²) >= 11 is 0. The van der Waals surface area contributed by atoms with Crippen molar-refractivity contribution in [3.05, 3.63) is 127 Å². The Hall–Kier alpha value is -3.17. The molecule has 0 unspecified atom stereocenters. The first-order chi connectivity index (χ1) is 19.1. The van der Waals surface area contributed by atoms with Gasteiger partial charge in [-0.2, -0.15) is 0 Å². The molecule has 2 heterocycles. The minimum atomic E-state index is -1.67. The van der Waals surface area contributed by atoms with Crippen LogP contribution in [0.1, 0.15) is 22.2 Å². The van der Waals surface area contributed by atoms with Gasteiger partial charge in [0.15, 0.2) is 0 Å². The Balaban J connectivity index is 0.000000224. The molecule has 0 N–H and O–H groups in total. The van der Waals surface area contributed by atoms with E-state index < -0.39 is 14.4 Å². The maximum Gasteiger partial charge on any atom is 0.0798 e. The van der Waals surface area contributed by atoms with Crippen LogP contribution in [0, 0.1) is 18.1 Å². The van der Waals surface area contributed by atoms with E-state index in [2.05, 4.69) is 59.9 Å². The number of hydrogen-bond acceptors (Lipinski definition) is 2. The third-order valence-corrected chi connectivity index (χ3v) is 8.01. The van der Waals surface area contributed by atoms with Gasteiger partial charge in [0.05, 0.1) is 8.07 Å².